The van der Waals surface area contributed by atoms with Crippen LogP contribution in [0.3, 0.4) is 0 Å². The fourth-order valence-corrected chi connectivity index (χ4v) is 2.10. The summed E-state index contributed by atoms with van der Waals surface area (Å²) in [4.78, 5) is 6.01. The standard InChI is InChI=1S/C7H6N2.C7H8O3S/c1-2-6-7(8-4-1)3-5-9-6;1-6-2-4-7(5-3-6)11(8,9)10/h1-5,9H;2-5H,1H3,(H,8,9,10). The molecular weight excluding hydrogens is 276 g/mol. The minimum Gasteiger partial charge on any atom is -0.744 e. The molecule has 20 heavy (non-hydrogen) atoms. The first-order valence-electron chi connectivity index (χ1n) is 5.93. The zero-order chi connectivity index (χ0) is 14.6. The van der Waals surface area contributed by atoms with E-state index in [1.807, 2.05) is 37.5 Å². The molecule has 0 saturated heterocycles. The van der Waals surface area contributed by atoms with Gasteiger partial charge in [0.25, 0.3) is 0 Å². The Morgan fingerprint density at radius 3 is 2.40 bits per heavy atom. The largest absolute Gasteiger partial charge is 0.744 e. The molecule has 0 spiro atoms. The summed E-state index contributed by atoms with van der Waals surface area (Å²) >= 11 is 0. The summed E-state index contributed by atoms with van der Waals surface area (Å²) in [6.07, 6.45) is 3.83. The summed E-state index contributed by atoms with van der Waals surface area (Å²) in [5, 5.41) is 0. The summed E-state index contributed by atoms with van der Waals surface area (Å²) in [6, 6.07) is 11.8. The molecule has 0 amide bonds. The third-order valence-corrected chi connectivity index (χ3v) is 3.54. The van der Waals surface area contributed by atoms with Crippen molar-refractivity contribution in [3.05, 3.63) is 60.4 Å². The molecular formula is C14H14N2O3S. The molecule has 0 atom stereocenters. The topological polar surface area (TPSA) is 87.1 Å². The van der Waals surface area contributed by atoms with Crippen molar-refractivity contribution in [3.8, 4) is 0 Å². The molecule has 5 nitrogen and oxygen atoms in total. The van der Waals surface area contributed by atoms with Crippen molar-refractivity contribution in [1.82, 2.24) is 4.98 Å². The number of pyridine rings is 1. The molecule has 2 heterocycles. The molecule has 0 aliphatic rings. The summed E-state index contributed by atoms with van der Waals surface area (Å²) in [5.41, 5.74) is 3.23. The summed E-state index contributed by atoms with van der Waals surface area (Å²) in [5.74, 6) is 0. The quantitative estimate of drug-likeness (QED) is 0.694. The maximum Gasteiger partial charge on any atom is 0.228 e. The summed E-state index contributed by atoms with van der Waals surface area (Å²) in [6.45, 7) is 1.82. The monoisotopic (exact) mass is 290 g/mol. The van der Waals surface area contributed by atoms with Crippen molar-refractivity contribution in [1.29, 1.82) is 0 Å². The number of fused-ring (bicyclic) bond motifs is 1. The van der Waals surface area contributed by atoms with Crippen molar-refractivity contribution < 1.29 is 18.0 Å². The average molecular weight is 290 g/mol. The molecule has 6 heteroatoms. The van der Waals surface area contributed by atoms with Crippen LogP contribution in [0.1, 0.15) is 5.56 Å². The van der Waals surface area contributed by atoms with Gasteiger partial charge in [-0.25, -0.2) is 13.4 Å². The maximum atomic E-state index is 10.4. The number of hydrogen-bond acceptors (Lipinski definition) is 3. The lowest BCUT2D eigenvalue weighted by Gasteiger charge is -2.05. The minimum atomic E-state index is -4.27. The predicted molar refractivity (Wildman–Crippen MR) is 74.0 cm³/mol. The Balaban J connectivity index is 0.000000149. The molecule has 1 aromatic carbocycles. The van der Waals surface area contributed by atoms with Crippen LogP contribution < -0.4 is 4.98 Å². The number of aromatic amines is 2. The van der Waals surface area contributed by atoms with Gasteiger partial charge >= 0.3 is 0 Å². The van der Waals surface area contributed by atoms with Crippen molar-refractivity contribution >= 4 is 21.2 Å². The van der Waals surface area contributed by atoms with Gasteiger partial charge in [0.2, 0.25) is 5.52 Å². The van der Waals surface area contributed by atoms with Crippen LogP contribution in [0.25, 0.3) is 11.0 Å². The molecule has 0 unspecified atom stereocenters. The number of aromatic nitrogens is 2. The highest BCUT2D eigenvalue weighted by atomic mass is 32.2. The van der Waals surface area contributed by atoms with Crippen LogP contribution in [-0.2, 0) is 10.1 Å². The molecule has 0 radical (unpaired) electrons. The highest BCUT2D eigenvalue weighted by Gasteiger charge is 1.97. The first kappa shape index (κ1) is 14.2. The van der Waals surface area contributed by atoms with Crippen LogP contribution in [0.4, 0.5) is 0 Å². The number of hydrogen-bond donors (Lipinski definition) is 1. The van der Waals surface area contributed by atoms with E-state index < -0.39 is 10.1 Å². The molecule has 104 valence electrons. The second-order valence-corrected chi connectivity index (χ2v) is 5.62. The third-order valence-electron chi connectivity index (χ3n) is 2.69. The van der Waals surface area contributed by atoms with Crippen molar-refractivity contribution in [2.45, 2.75) is 11.8 Å². The van der Waals surface area contributed by atoms with Crippen LogP contribution in [0, 0.1) is 6.92 Å². The Hall–Kier alpha value is -2.18. The number of benzene rings is 1. The highest BCUT2D eigenvalue weighted by Crippen LogP contribution is 2.08. The molecule has 0 aliphatic carbocycles. The Bertz CT molecular complexity index is 762. The van der Waals surface area contributed by atoms with Crippen molar-refractivity contribution in [3.63, 3.8) is 0 Å². The third kappa shape index (κ3) is 3.66. The SMILES string of the molecule is Cc1ccc(S(=O)(=O)[O-])cc1.c1c[nH+]c2cc[nH]c2c1. The van der Waals surface area contributed by atoms with Gasteiger partial charge in [-0.3, -0.25) is 0 Å². The van der Waals surface area contributed by atoms with E-state index in [2.05, 4.69) is 9.97 Å². The van der Waals surface area contributed by atoms with Crippen LogP contribution in [0.2, 0.25) is 0 Å². The van der Waals surface area contributed by atoms with E-state index in [0.717, 1.165) is 16.6 Å². The zero-order valence-corrected chi connectivity index (χ0v) is 11.6. The van der Waals surface area contributed by atoms with E-state index in [1.165, 1.54) is 12.1 Å². The molecule has 2 aromatic heterocycles. The lowest BCUT2D eigenvalue weighted by Crippen LogP contribution is -1.98. The Kier molecular flexibility index (Phi) is 4.16. The summed E-state index contributed by atoms with van der Waals surface area (Å²) in [7, 11) is -4.27. The van der Waals surface area contributed by atoms with Crippen LogP contribution in [-0.4, -0.2) is 18.0 Å². The average Bonchev–Trinajstić information content (AvgIpc) is 2.87. The summed E-state index contributed by atoms with van der Waals surface area (Å²) < 4.78 is 31.2. The van der Waals surface area contributed by atoms with Gasteiger partial charge in [-0.15, -0.1) is 0 Å². The molecule has 3 rings (SSSR count). The maximum absolute atomic E-state index is 10.4. The van der Waals surface area contributed by atoms with Crippen LogP contribution >= 0.6 is 0 Å². The smallest absolute Gasteiger partial charge is 0.228 e. The number of rotatable bonds is 1. The fraction of sp³-hybridized carbons (Fsp3) is 0.0714. The van der Waals surface area contributed by atoms with Gasteiger partial charge in [-0.2, -0.15) is 0 Å². The minimum absolute atomic E-state index is 0.178. The fourth-order valence-electron chi connectivity index (χ4n) is 1.63. The van der Waals surface area contributed by atoms with Gasteiger partial charge in [0, 0.05) is 18.3 Å². The highest BCUT2D eigenvalue weighted by molar-refractivity contribution is 7.85. The Labute approximate surface area is 117 Å². The van der Waals surface area contributed by atoms with Crippen LogP contribution in [0.5, 0.6) is 0 Å². The zero-order valence-electron chi connectivity index (χ0n) is 10.8. The van der Waals surface area contributed by atoms with Gasteiger partial charge in [-0.1, -0.05) is 17.7 Å². The van der Waals surface area contributed by atoms with E-state index in [1.54, 1.807) is 12.1 Å². The van der Waals surface area contributed by atoms with Gasteiger partial charge in [-0.05, 0) is 25.1 Å². The van der Waals surface area contributed by atoms with Gasteiger partial charge in [0.1, 0.15) is 15.6 Å². The lowest BCUT2D eigenvalue weighted by molar-refractivity contribution is -0.344. The van der Waals surface area contributed by atoms with E-state index in [0.29, 0.717) is 0 Å². The van der Waals surface area contributed by atoms with Gasteiger partial charge in [0.05, 0.1) is 4.90 Å². The van der Waals surface area contributed by atoms with E-state index in [9.17, 15) is 13.0 Å². The van der Waals surface area contributed by atoms with Crippen molar-refractivity contribution in [2.24, 2.45) is 0 Å². The normalized spacial score (nSPS) is 10.9. The van der Waals surface area contributed by atoms with Gasteiger partial charge in [0.15, 0.2) is 6.20 Å². The van der Waals surface area contributed by atoms with E-state index >= 15 is 0 Å². The first-order chi connectivity index (χ1) is 9.47. The molecule has 0 fully saturated rings. The molecule has 0 saturated carbocycles. The molecule has 3 aromatic rings. The molecule has 0 bridgehead atoms. The van der Waals surface area contributed by atoms with Crippen molar-refractivity contribution in [2.75, 3.05) is 0 Å². The van der Waals surface area contributed by atoms with Crippen LogP contribution in [0.15, 0.2) is 59.8 Å². The van der Waals surface area contributed by atoms with Gasteiger partial charge < -0.3 is 9.54 Å². The first-order valence-corrected chi connectivity index (χ1v) is 7.34. The number of nitrogens with one attached hydrogen (secondary N) is 2. The Morgan fingerprint density at radius 2 is 1.80 bits per heavy atom. The van der Waals surface area contributed by atoms with E-state index in [-0.39, 0.29) is 4.90 Å². The number of H-pyrrole nitrogens is 2. The second kappa shape index (κ2) is 5.85. The molecule has 2 N–H and O–H groups in total. The Morgan fingerprint density at radius 1 is 1.10 bits per heavy atom. The predicted octanol–water partition coefficient (Wildman–Crippen LogP) is 1.88. The molecule has 0 aliphatic heterocycles. The van der Waals surface area contributed by atoms with E-state index in [4.69, 9.17) is 0 Å². The lowest BCUT2D eigenvalue weighted by atomic mass is 10.2. The second-order valence-electron chi connectivity index (χ2n) is 4.24. The number of aryl methyl sites for hydroxylation is 1.